The van der Waals surface area contributed by atoms with Gasteiger partial charge in [0, 0.05) is 18.0 Å². The zero-order valence-corrected chi connectivity index (χ0v) is 12.0. The molecule has 1 N–H and O–H groups in total. The van der Waals surface area contributed by atoms with Crippen LogP contribution in [0.5, 0.6) is 0 Å². The SMILES string of the molecule is CNC(C)c1ccccc1Sc1nnc(C)n1C. The third-order valence-corrected chi connectivity index (χ3v) is 4.20. The van der Waals surface area contributed by atoms with Gasteiger partial charge in [-0.3, -0.25) is 0 Å². The van der Waals surface area contributed by atoms with Crippen LogP contribution in [0.15, 0.2) is 34.3 Å². The third kappa shape index (κ3) is 2.57. The predicted molar refractivity (Wildman–Crippen MR) is 73.8 cm³/mol. The van der Waals surface area contributed by atoms with E-state index < -0.39 is 0 Å². The lowest BCUT2D eigenvalue weighted by Crippen LogP contribution is -2.13. The van der Waals surface area contributed by atoms with Gasteiger partial charge in [-0.25, -0.2) is 0 Å². The molecule has 0 aliphatic heterocycles. The Balaban J connectivity index is 2.32. The van der Waals surface area contributed by atoms with E-state index in [1.54, 1.807) is 11.8 Å². The van der Waals surface area contributed by atoms with Crippen molar-refractivity contribution in [2.45, 2.75) is 29.9 Å². The minimum Gasteiger partial charge on any atom is -0.313 e. The summed E-state index contributed by atoms with van der Waals surface area (Å²) in [6.07, 6.45) is 0. The molecule has 0 aliphatic rings. The van der Waals surface area contributed by atoms with Crippen molar-refractivity contribution in [2.24, 2.45) is 7.05 Å². The highest BCUT2D eigenvalue weighted by Gasteiger charge is 2.12. The van der Waals surface area contributed by atoms with E-state index in [4.69, 9.17) is 0 Å². The molecule has 0 spiro atoms. The summed E-state index contributed by atoms with van der Waals surface area (Å²) in [5.74, 6) is 0.927. The van der Waals surface area contributed by atoms with E-state index in [-0.39, 0.29) is 0 Å². The summed E-state index contributed by atoms with van der Waals surface area (Å²) < 4.78 is 2.01. The van der Waals surface area contributed by atoms with E-state index in [9.17, 15) is 0 Å². The summed E-state index contributed by atoms with van der Waals surface area (Å²) >= 11 is 1.65. The van der Waals surface area contributed by atoms with Gasteiger partial charge < -0.3 is 9.88 Å². The van der Waals surface area contributed by atoms with Crippen LogP contribution >= 0.6 is 11.8 Å². The van der Waals surface area contributed by atoms with Crippen molar-refractivity contribution in [3.05, 3.63) is 35.7 Å². The lowest BCUT2D eigenvalue weighted by atomic mass is 10.1. The second-order valence-corrected chi connectivity index (χ2v) is 5.25. The minimum atomic E-state index is 0.322. The van der Waals surface area contributed by atoms with E-state index in [0.717, 1.165) is 11.0 Å². The highest BCUT2D eigenvalue weighted by Crippen LogP contribution is 2.31. The van der Waals surface area contributed by atoms with Gasteiger partial charge in [-0.15, -0.1) is 10.2 Å². The van der Waals surface area contributed by atoms with E-state index in [0.29, 0.717) is 6.04 Å². The first kappa shape index (κ1) is 13.1. The Morgan fingerprint density at radius 2 is 2.00 bits per heavy atom. The maximum Gasteiger partial charge on any atom is 0.195 e. The molecule has 0 saturated heterocycles. The third-order valence-electron chi connectivity index (χ3n) is 3.07. The zero-order chi connectivity index (χ0) is 13.1. The Morgan fingerprint density at radius 3 is 2.61 bits per heavy atom. The molecule has 0 aliphatic carbocycles. The van der Waals surface area contributed by atoms with Crippen LogP contribution in [-0.4, -0.2) is 21.8 Å². The molecule has 1 unspecified atom stereocenters. The number of hydrogen-bond donors (Lipinski definition) is 1. The van der Waals surface area contributed by atoms with E-state index in [1.165, 1.54) is 10.5 Å². The molecule has 1 aromatic heterocycles. The summed E-state index contributed by atoms with van der Waals surface area (Å²) in [5.41, 5.74) is 1.28. The first-order chi connectivity index (χ1) is 8.63. The van der Waals surface area contributed by atoms with Gasteiger partial charge >= 0.3 is 0 Å². The Labute approximate surface area is 112 Å². The van der Waals surface area contributed by atoms with Crippen molar-refractivity contribution >= 4 is 11.8 Å². The largest absolute Gasteiger partial charge is 0.313 e. The van der Waals surface area contributed by atoms with Crippen molar-refractivity contribution in [3.8, 4) is 0 Å². The van der Waals surface area contributed by atoms with Gasteiger partial charge in [-0.05, 0) is 44.3 Å². The highest BCUT2D eigenvalue weighted by atomic mass is 32.2. The lowest BCUT2D eigenvalue weighted by molar-refractivity contribution is 0.641. The first-order valence-corrected chi connectivity index (χ1v) is 6.75. The maximum atomic E-state index is 4.19. The van der Waals surface area contributed by atoms with Crippen molar-refractivity contribution < 1.29 is 0 Å². The molecule has 1 heterocycles. The van der Waals surface area contributed by atoms with Gasteiger partial charge in [-0.2, -0.15) is 0 Å². The second kappa shape index (κ2) is 5.54. The first-order valence-electron chi connectivity index (χ1n) is 5.93. The van der Waals surface area contributed by atoms with Gasteiger partial charge in [-0.1, -0.05) is 18.2 Å². The van der Waals surface area contributed by atoms with Crippen LogP contribution in [0, 0.1) is 6.92 Å². The maximum absolute atomic E-state index is 4.19. The normalized spacial score (nSPS) is 12.7. The number of rotatable bonds is 4. The van der Waals surface area contributed by atoms with Gasteiger partial charge in [0.15, 0.2) is 5.16 Å². The van der Waals surface area contributed by atoms with E-state index in [2.05, 4.69) is 46.7 Å². The topological polar surface area (TPSA) is 42.7 Å². The fourth-order valence-electron chi connectivity index (χ4n) is 1.66. The Morgan fingerprint density at radius 1 is 1.28 bits per heavy atom. The van der Waals surface area contributed by atoms with Crippen molar-refractivity contribution in [3.63, 3.8) is 0 Å². The Hall–Kier alpha value is -1.33. The number of aromatic nitrogens is 3. The molecule has 1 aromatic carbocycles. The molecular formula is C13H18N4S. The molecule has 2 rings (SSSR count). The van der Waals surface area contributed by atoms with Gasteiger partial charge in [0.1, 0.15) is 5.82 Å². The fourth-order valence-corrected chi connectivity index (χ4v) is 2.72. The molecule has 96 valence electrons. The predicted octanol–water partition coefficient (Wildman–Crippen LogP) is 2.56. The molecule has 1 atom stereocenters. The smallest absolute Gasteiger partial charge is 0.195 e. The van der Waals surface area contributed by atoms with Crippen LogP contribution in [0.3, 0.4) is 0 Å². The number of hydrogen-bond acceptors (Lipinski definition) is 4. The lowest BCUT2D eigenvalue weighted by Gasteiger charge is -2.14. The number of nitrogens with zero attached hydrogens (tertiary/aromatic N) is 3. The van der Waals surface area contributed by atoms with Crippen molar-refractivity contribution in [2.75, 3.05) is 7.05 Å². The summed E-state index contributed by atoms with van der Waals surface area (Å²) in [4.78, 5) is 1.22. The molecule has 18 heavy (non-hydrogen) atoms. The molecule has 4 nitrogen and oxygen atoms in total. The summed E-state index contributed by atoms with van der Waals surface area (Å²) in [6, 6.07) is 8.71. The average molecular weight is 262 g/mol. The number of benzene rings is 1. The van der Waals surface area contributed by atoms with Crippen molar-refractivity contribution in [1.82, 2.24) is 20.1 Å². The van der Waals surface area contributed by atoms with Crippen LogP contribution in [0.2, 0.25) is 0 Å². The Kier molecular flexibility index (Phi) is 4.04. The molecule has 0 saturated carbocycles. The highest BCUT2D eigenvalue weighted by molar-refractivity contribution is 7.99. The number of aryl methyl sites for hydroxylation is 1. The van der Waals surface area contributed by atoms with Crippen LogP contribution in [0.4, 0.5) is 0 Å². The van der Waals surface area contributed by atoms with E-state index in [1.807, 2.05) is 25.6 Å². The van der Waals surface area contributed by atoms with Crippen LogP contribution in [0.25, 0.3) is 0 Å². The standard InChI is InChI=1S/C13H18N4S/c1-9(14-3)11-7-5-6-8-12(11)18-13-16-15-10(2)17(13)4/h5-9,14H,1-4H3. The fraction of sp³-hybridized carbons (Fsp3) is 0.385. The van der Waals surface area contributed by atoms with Crippen LogP contribution in [-0.2, 0) is 7.05 Å². The average Bonchev–Trinajstić information content (AvgIpc) is 2.70. The second-order valence-electron chi connectivity index (χ2n) is 4.24. The van der Waals surface area contributed by atoms with Gasteiger partial charge in [0.2, 0.25) is 0 Å². The zero-order valence-electron chi connectivity index (χ0n) is 11.1. The molecule has 0 radical (unpaired) electrons. The monoisotopic (exact) mass is 262 g/mol. The molecule has 0 amide bonds. The molecule has 5 heteroatoms. The molecule has 0 fully saturated rings. The van der Waals surface area contributed by atoms with Crippen LogP contribution in [0.1, 0.15) is 24.4 Å². The Bertz CT molecular complexity index is 536. The number of nitrogens with one attached hydrogen (secondary N) is 1. The van der Waals surface area contributed by atoms with E-state index >= 15 is 0 Å². The minimum absolute atomic E-state index is 0.322. The van der Waals surface area contributed by atoms with Gasteiger partial charge in [0.25, 0.3) is 0 Å². The quantitative estimate of drug-likeness (QED) is 0.919. The molecular weight excluding hydrogens is 244 g/mol. The van der Waals surface area contributed by atoms with Crippen molar-refractivity contribution in [1.29, 1.82) is 0 Å². The summed E-state index contributed by atoms with van der Waals surface area (Å²) in [7, 11) is 3.96. The molecule has 0 bridgehead atoms. The van der Waals surface area contributed by atoms with Gasteiger partial charge in [0.05, 0.1) is 0 Å². The summed E-state index contributed by atoms with van der Waals surface area (Å²) in [6.45, 7) is 4.11. The van der Waals surface area contributed by atoms with Crippen LogP contribution < -0.4 is 5.32 Å². The molecule has 2 aromatic rings. The summed E-state index contributed by atoms with van der Waals surface area (Å²) in [5, 5.41) is 12.5.